The summed E-state index contributed by atoms with van der Waals surface area (Å²) in [5.41, 5.74) is 0. The molecule has 0 spiro atoms. The third kappa shape index (κ3) is 3.90. The summed E-state index contributed by atoms with van der Waals surface area (Å²) in [4.78, 5) is 21.8. The lowest BCUT2D eigenvalue weighted by Crippen LogP contribution is -2.13. The molecule has 0 unspecified atom stereocenters. The molecule has 6 nitrogen and oxygen atoms in total. The highest BCUT2D eigenvalue weighted by molar-refractivity contribution is 6.28. The summed E-state index contributed by atoms with van der Waals surface area (Å²) < 4.78 is 6.04. The molecule has 1 aromatic rings. The van der Waals surface area contributed by atoms with Crippen LogP contribution in [0.25, 0.3) is 0 Å². The van der Waals surface area contributed by atoms with Gasteiger partial charge in [-0.25, -0.2) is 0 Å². The Morgan fingerprint density at radius 2 is 2.38 bits per heavy atom. The van der Waals surface area contributed by atoms with Crippen molar-refractivity contribution < 1.29 is 14.3 Å². The molecule has 88 valence electrons. The number of hydrogen-bond acceptors (Lipinski definition) is 4. The average Bonchev–Trinajstić information content (AvgIpc) is 2.73. The summed E-state index contributed by atoms with van der Waals surface area (Å²) in [5, 5.41) is 6.52. The zero-order chi connectivity index (χ0) is 12.0. The molecule has 16 heavy (non-hydrogen) atoms. The maximum absolute atomic E-state index is 10.9. The predicted molar refractivity (Wildman–Crippen MR) is 58.2 cm³/mol. The summed E-state index contributed by atoms with van der Waals surface area (Å²) in [6.07, 6.45) is 1.90. The van der Waals surface area contributed by atoms with Gasteiger partial charge in [-0.1, -0.05) is 0 Å². The standard InChI is InChI=1S/C9H12ClN3O3/c1-16-9(15)3-5-13-4-2-7(12-13)11-8(14)6-10/h2,4H,3,5-6H2,1H3,(H,11,12,14). The van der Waals surface area contributed by atoms with Crippen LogP contribution in [0.3, 0.4) is 0 Å². The van der Waals surface area contributed by atoms with Crippen molar-refractivity contribution in [3.8, 4) is 0 Å². The summed E-state index contributed by atoms with van der Waals surface area (Å²) in [5.74, 6) is -0.327. The number of hydrogen-bond donors (Lipinski definition) is 1. The summed E-state index contributed by atoms with van der Waals surface area (Å²) in [6, 6.07) is 1.63. The van der Waals surface area contributed by atoms with Gasteiger partial charge in [0.25, 0.3) is 0 Å². The molecule has 0 aliphatic rings. The second kappa shape index (κ2) is 6.12. The van der Waals surface area contributed by atoms with E-state index in [-0.39, 0.29) is 24.2 Å². The Morgan fingerprint density at radius 3 is 3.00 bits per heavy atom. The van der Waals surface area contributed by atoms with Crippen LogP contribution >= 0.6 is 11.6 Å². The lowest BCUT2D eigenvalue weighted by molar-refractivity contribution is -0.140. The van der Waals surface area contributed by atoms with E-state index in [9.17, 15) is 9.59 Å². The van der Waals surface area contributed by atoms with Crippen LogP contribution in [0.2, 0.25) is 0 Å². The van der Waals surface area contributed by atoms with Crippen LogP contribution in [0.15, 0.2) is 12.3 Å². The first-order valence-corrected chi connectivity index (χ1v) is 5.15. The zero-order valence-corrected chi connectivity index (χ0v) is 9.53. The van der Waals surface area contributed by atoms with Crippen molar-refractivity contribution in [2.75, 3.05) is 18.3 Å². The van der Waals surface area contributed by atoms with Crippen molar-refractivity contribution >= 4 is 29.3 Å². The molecule has 1 aromatic heterocycles. The highest BCUT2D eigenvalue weighted by atomic mass is 35.5. The smallest absolute Gasteiger partial charge is 0.307 e. The number of esters is 1. The molecule has 1 N–H and O–H groups in total. The van der Waals surface area contributed by atoms with Crippen molar-refractivity contribution in [2.45, 2.75) is 13.0 Å². The van der Waals surface area contributed by atoms with E-state index in [1.807, 2.05) is 0 Å². The number of aromatic nitrogens is 2. The number of nitrogens with one attached hydrogen (secondary N) is 1. The van der Waals surface area contributed by atoms with Gasteiger partial charge in [0.1, 0.15) is 5.88 Å². The highest BCUT2D eigenvalue weighted by Gasteiger charge is 2.05. The van der Waals surface area contributed by atoms with Gasteiger partial charge in [-0.15, -0.1) is 11.6 Å². The fourth-order valence-corrected chi connectivity index (χ4v) is 1.10. The first-order valence-electron chi connectivity index (χ1n) is 4.62. The predicted octanol–water partition coefficient (Wildman–Crippen LogP) is 0.623. The van der Waals surface area contributed by atoms with Gasteiger partial charge in [-0.05, 0) is 0 Å². The van der Waals surface area contributed by atoms with Crippen LogP contribution in [0.1, 0.15) is 6.42 Å². The van der Waals surface area contributed by atoms with Crippen molar-refractivity contribution in [3.63, 3.8) is 0 Å². The van der Waals surface area contributed by atoms with Crippen LogP contribution in [-0.4, -0.2) is 34.6 Å². The van der Waals surface area contributed by atoms with Crippen molar-refractivity contribution in [1.82, 2.24) is 9.78 Å². The lowest BCUT2D eigenvalue weighted by Gasteiger charge is -2.00. The van der Waals surface area contributed by atoms with Crippen molar-refractivity contribution in [2.24, 2.45) is 0 Å². The molecule has 0 atom stereocenters. The zero-order valence-electron chi connectivity index (χ0n) is 8.77. The molecule has 0 saturated carbocycles. The SMILES string of the molecule is COC(=O)CCn1ccc(NC(=O)CCl)n1. The van der Waals surface area contributed by atoms with E-state index >= 15 is 0 Å². The van der Waals surface area contributed by atoms with E-state index in [4.69, 9.17) is 11.6 Å². The van der Waals surface area contributed by atoms with E-state index in [0.29, 0.717) is 12.4 Å². The van der Waals surface area contributed by atoms with Crippen molar-refractivity contribution in [3.05, 3.63) is 12.3 Å². The van der Waals surface area contributed by atoms with E-state index in [1.165, 1.54) is 7.11 Å². The summed E-state index contributed by atoms with van der Waals surface area (Å²) >= 11 is 5.32. The second-order valence-electron chi connectivity index (χ2n) is 2.97. The van der Waals surface area contributed by atoms with Crippen LogP contribution in [0.4, 0.5) is 5.82 Å². The number of aryl methyl sites for hydroxylation is 1. The third-order valence-electron chi connectivity index (χ3n) is 1.80. The van der Waals surface area contributed by atoms with Gasteiger partial charge in [0, 0.05) is 12.3 Å². The molecular weight excluding hydrogens is 234 g/mol. The van der Waals surface area contributed by atoms with Gasteiger partial charge in [0.2, 0.25) is 5.91 Å². The fourth-order valence-electron chi connectivity index (χ4n) is 1.04. The van der Waals surface area contributed by atoms with Gasteiger partial charge in [-0.2, -0.15) is 5.10 Å². The number of carbonyl (C=O) groups is 2. The van der Waals surface area contributed by atoms with Gasteiger partial charge < -0.3 is 10.1 Å². The molecule has 0 aliphatic carbocycles. The molecule has 1 amide bonds. The molecule has 1 rings (SSSR count). The molecule has 0 aromatic carbocycles. The largest absolute Gasteiger partial charge is 0.469 e. The number of methoxy groups -OCH3 is 1. The number of amides is 1. The number of halogens is 1. The van der Waals surface area contributed by atoms with Gasteiger partial charge in [-0.3, -0.25) is 14.3 Å². The molecule has 0 saturated heterocycles. The molecule has 0 bridgehead atoms. The molecule has 1 heterocycles. The highest BCUT2D eigenvalue weighted by Crippen LogP contribution is 2.03. The maximum atomic E-state index is 10.9. The number of carbonyl (C=O) groups excluding carboxylic acids is 2. The third-order valence-corrected chi connectivity index (χ3v) is 2.04. The second-order valence-corrected chi connectivity index (χ2v) is 3.24. The minimum atomic E-state index is -0.320. The van der Waals surface area contributed by atoms with Gasteiger partial charge >= 0.3 is 5.97 Å². The molecule has 7 heteroatoms. The summed E-state index contributed by atoms with van der Waals surface area (Å²) in [6.45, 7) is 0.406. The topological polar surface area (TPSA) is 73.2 Å². The Hall–Kier alpha value is -1.56. The van der Waals surface area contributed by atoms with E-state index in [2.05, 4.69) is 15.2 Å². The number of rotatable bonds is 5. The number of ether oxygens (including phenoxy) is 1. The monoisotopic (exact) mass is 245 g/mol. The fraction of sp³-hybridized carbons (Fsp3) is 0.444. The van der Waals surface area contributed by atoms with E-state index in [1.54, 1.807) is 16.9 Å². The van der Waals surface area contributed by atoms with Crippen LogP contribution < -0.4 is 5.32 Å². The summed E-state index contributed by atoms with van der Waals surface area (Å²) in [7, 11) is 1.33. The first-order chi connectivity index (χ1) is 7.65. The minimum absolute atomic E-state index is 0.116. The van der Waals surface area contributed by atoms with E-state index in [0.717, 1.165) is 0 Å². The Morgan fingerprint density at radius 1 is 1.62 bits per heavy atom. The first kappa shape index (κ1) is 12.5. The molecule has 0 fully saturated rings. The van der Waals surface area contributed by atoms with Crippen LogP contribution in [-0.2, 0) is 20.9 Å². The van der Waals surface area contributed by atoms with Crippen LogP contribution in [0.5, 0.6) is 0 Å². The van der Waals surface area contributed by atoms with Gasteiger partial charge in [0.05, 0.1) is 20.1 Å². The van der Waals surface area contributed by atoms with Gasteiger partial charge in [0.15, 0.2) is 5.82 Å². The molecular formula is C9H12ClN3O3. The minimum Gasteiger partial charge on any atom is -0.469 e. The number of nitrogens with zero attached hydrogens (tertiary/aromatic N) is 2. The average molecular weight is 246 g/mol. The Balaban J connectivity index is 2.45. The maximum Gasteiger partial charge on any atom is 0.307 e. The van der Waals surface area contributed by atoms with E-state index < -0.39 is 0 Å². The molecule has 0 aliphatic heterocycles. The lowest BCUT2D eigenvalue weighted by atomic mass is 10.4. The number of alkyl halides is 1. The normalized spacial score (nSPS) is 9.88. The Bertz CT molecular complexity index is 378. The van der Waals surface area contributed by atoms with Crippen molar-refractivity contribution in [1.29, 1.82) is 0 Å². The quantitative estimate of drug-likeness (QED) is 0.610. The molecule has 0 radical (unpaired) electrons. The number of anilines is 1. The van der Waals surface area contributed by atoms with Crippen LogP contribution in [0, 0.1) is 0 Å². The Kier molecular flexibility index (Phi) is 4.78. The Labute approximate surface area is 97.5 Å².